The van der Waals surface area contributed by atoms with Gasteiger partial charge < -0.3 is 10.0 Å². The van der Waals surface area contributed by atoms with Gasteiger partial charge in [0.2, 0.25) is 5.91 Å². The van der Waals surface area contributed by atoms with Crippen molar-refractivity contribution in [3.05, 3.63) is 12.2 Å². The molecule has 1 aliphatic carbocycles. The van der Waals surface area contributed by atoms with E-state index in [-0.39, 0.29) is 11.8 Å². The standard InChI is InChI=1S/C16H24N2O3/c19-15(13-5-1-2-6-14(13)16(20)21)18-10-7-12(11-18)17-8-3-4-9-17/h1-2,12-14H,3-11H2,(H,20,21). The number of carboxylic acids is 1. The molecule has 2 aliphatic heterocycles. The number of hydrogen-bond donors (Lipinski definition) is 1. The number of carbonyl (C=O) groups excluding carboxylic acids is 1. The molecular weight excluding hydrogens is 268 g/mol. The van der Waals surface area contributed by atoms with Gasteiger partial charge in [-0.05, 0) is 45.2 Å². The van der Waals surface area contributed by atoms with Crippen LogP contribution >= 0.6 is 0 Å². The van der Waals surface area contributed by atoms with Crippen LogP contribution in [0.15, 0.2) is 12.2 Å². The first-order chi connectivity index (χ1) is 10.2. The molecule has 2 fully saturated rings. The van der Waals surface area contributed by atoms with Crippen LogP contribution < -0.4 is 0 Å². The Morgan fingerprint density at radius 3 is 2.33 bits per heavy atom. The maximum Gasteiger partial charge on any atom is 0.307 e. The third-order valence-corrected chi connectivity index (χ3v) is 5.20. The Hall–Kier alpha value is -1.36. The van der Waals surface area contributed by atoms with Crippen LogP contribution in [0.5, 0.6) is 0 Å². The van der Waals surface area contributed by atoms with Gasteiger partial charge in [-0.15, -0.1) is 0 Å². The van der Waals surface area contributed by atoms with Gasteiger partial charge in [-0.3, -0.25) is 14.5 Å². The summed E-state index contributed by atoms with van der Waals surface area (Å²) in [6.45, 7) is 3.87. The molecule has 0 spiro atoms. The molecule has 3 aliphatic rings. The Morgan fingerprint density at radius 1 is 1.00 bits per heavy atom. The summed E-state index contributed by atoms with van der Waals surface area (Å²) in [5, 5.41) is 9.31. The molecule has 116 valence electrons. The molecule has 1 N–H and O–H groups in total. The highest BCUT2D eigenvalue weighted by Gasteiger charge is 2.39. The van der Waals surface area contributed by atoms with Crippen LogP contribution in [0.4, 0.5) is 0 Å². The molecule has 3 atom stereocenters. The Morgan fingerprint density at radius 2 is 1.67 bits per heavy atom. The predicted octanol–water partition coefficient (Wildman–Crippen LogP) is 1.35. The maximum atomic E-state index is 12.7. The highest BCUT2D eigenvalue weighted by molar-refractivity contribution is 5.85. The molecule has 21 heavy (non-hydrogen) atoms. The summed E-state index contributed by atoms with van der Waals surface area (Å²) in [5.74, 6) is -1.71. The van der Waals surface area contributed by atoms with Gasteiger partial charge in [0.25, 0.3) is 0 Å². The lowest BCUT2D eigenvalue weighted by Gasteiger charge is -2.29. The summed E-state index contributed by atoms with van der Waals surface area (Å²) in [6.07, 6.45) is 8.45. The Kier molecular flexibility index (Phi) is 4.29. The van der Waals surface area contributed by atoms with Gasteiger partial charge in [-0.2, -0.15) is 0 Å². The molecule has 2 heterocycles. The predicted molar refractivity (Wildman–Crippen MR) is 78.8 cm³/mol. The first-order valence-electron chi connectivity index (χ1n) is 8.07. The van der Waals surface area contributed by atoms with Crippen molar-refractivity contribution in [1.82, 2.24) is 9.80 Å². The number of allylic oxidation sites excluding steroid dienone is 2. The van der Waals surface area contributed by atoms with Crippen molar-refractivity contribution in [3.63, 3.8) is 0 Å². The van der Waals surface area contributed by atoms with Gasteiger partial charge in [-0.25, -0.2) is 0 Å². The molecule has 0 saturated carbocycles. The van der Waals surface area contributed by atoms with Crippen molar-refractivity contribution in [2.24, 2.45) is 11.8 Å². The van der Waals surface area contributed by atoms with Gasteiger partial charge in [-0.1, -0.05) is 12.2 Å². The fourth-order valence-corrected chi connectivity index (χ4v) is 3.94. The van der Waals surface area contributed by atoms with Crippen LogP contribution in [0, 0.1) is 11.8 Å². The largest absolute Gasteiger partial charge is 0.481 e. The summed E-state index contributed by atoms with van der Waals surface area (Å²) in [7, 11) is 0. The minimum absolute atomic E-state index is 0.0495. The fourth-order valence-electron chi connectivity index (χ4n) is 3.94. The minimum atomic E-state index is -0.840. The van der Waals surface area contributed by atoms with Crippen LogP contribution in [0.1, 0.15) is 32.1 Å². The number of aliphatic carboxylic acids is 1. The molecule has 0 aromatic carbocycles. The smallest absolute Gasteiger partial charge is 0.307 e. The second-order valence-electron chi connectivity index (χ2n) is 6.46. The van der Waals surface area contributed by atoms with Gasteiger partial charge in [0.05, 0.1) is 11.8 Å². The van der Waals surface area contributed by atoms with E-state index < -0.39 is 11.9 Å². The van der Waals surface area contributed by atoms with Crippen LogP contribution in [-0.2, 0) is 9.59 Å². The summed E-state index contributed by atoms with van der Waals surface area (Å²) in [5.41, 5.74) is 0. The second-order valence-corrected chi connectivity index (χ2v) is 6.46. The van der Waals surface area contributed by atoms with Crippen LogP contribution in [0.2, 0.25) is 0 Å². The quantitative estimate of drug-likeness (QED) is 0.798. The molecule has 5 nitrogen and oxygen atoms in total. The monoisotopic (exact) mass is 292 g/mol. The van der Waals surface area contributed by atoms with Crippen molar-refractivity contribution in [1.29, 1.82) is 0 Å². The zero-order valence-corrected chi connectivity index (χ0v) is 12.4. The summed E-state index contributed by atoms with van der Waals surface area (Å²) < 4.78 is 0. The average molecular weight is 292 g/mol. The number of rotatable bonds is 3. The van der Waals surface area contributed by atoms with Crippen LogP contribution in [-0.4, -0.2) is 59.0 Å². The van der Waals surface area contributed by atoms with Gasteiger partial charge in [0, 0.05) is 19.1 Å². The number of likely N-dealkylation sites (tertiary alicyclic amines) is 2. The zero-order chi connectivity index (χ0) is 14.8. The summed E-state index contributed by atoms with van der Waals surface area (Å²) >= 11 is 0. The van der Waals surface area contributed by atoms with Crippen molar-refractivity contribution in [2.45, 2.75) is 38.1 Å². The highest BCUT2D eigenvalue weighted by atomic mass is 16.4. The molecule has 0 aromatic rings. The molecule has 0 radical (unpaired) electrons. The van der Waals surface area contributed by atoms with E-state index in [0.717, 1.165) is 32.6 Å². The van der Waals surface area contributed by atoms with E-state index in [1.54, 1.807) is 0 Å². The van der Waals surface area contributed by atoms with Crippen molar-refractivity contribution < 1.29 is 14.7 Å². The number of nitrogens with zero attached hydrogens (tertiary/aromatic N) is 2. The molecule has 2 saturated heterocycles. The molecule has 0 aromatic heterocycles. The number of carbonyl (C=O) groups is 2. The van der Waals surface area contributed by atoms with E-state index >= 15 is 0 Å². The maximum absolute atomic E-state index is 12.7. The molecule has 3 unspecified atom stereocenters. The minimum Gasteiger partial charge on any atom is -0.481 e. The molecule has 5 heteroatoms. The summed E-state index contributed by atoms with van der Waals surface area (Å²) in [6, 6.07) is 0.485. The normalized spacial score (nSPS) is 33.5. The molecule has 3 rings (SSSR count). The third-order valence-electron chi connectivity index (χ3n) is 5.20. The number of hydrogen-bond acceptors (Lipinski definition) is 3. The molecular formula is C16H24N2O3. The van der Waals surface area contributed by atoms with Crippen LogP contribution in [0.25, 0.3) is 0 Å². The number of carboxylic acid groups (broad SMARTS) is 1. The van der Waals surface area contributed by atoms with Crippen molar-refractivity contribution in [3.8, 4) is 0 Å². The second kappa shape index (κ2) is 6.18. The molecule has 0 bridgehead atoms. The van der Waals surface area contributed by atoms with E-state index in [2.05, 4.69) is 4.90 Å². The first kappa shape index (κ1) is 14.6. The van der Waals surface area contributed by atoms with E-state index in [9.17, 15) is 14.7 Å². The first-order valence-corrected chi connectivity index (χ1v) is 8.07. The molecule has 1 amide bonds. The fraction of sp³-hybridized carbons (Fsp3) is 0.750. The van der Waals surface area contributed by atoms with Crippen LogP contribution in [0.3, 0.4) is 0 Å². The lowest BCUT2D eigenvalue weighted by Crippen LogP contribution is -2.42. The van der Waals surface area contributed by atoms with Crippen molar-refractivity contribution in [2.75, 3.05) is 26.2 Å². The van der Waals surface area contributed by atoms with Crippen molar-refractivity contribution >= 4 is 11.9 Å². The Bertz CT molecular complexity index is 443. The third kappa shape index (κ3) is 2.98. The average Bonchev–Trinajstić information content (AvgIpc) is 3.17. The number of amides is 1. The summed E-state index contributed by atoms with van der Waals surface area (Å²) in [4.78, 5) is 28.4. The topological polar surface area (TPSA) is 60.9 Å². The van der Waals surface area contributed by atoms with Gasteiger partial charge in [0.1, 0.15) is 0 Å². The van der Waals surface area contributed by atoms with E-state index in [1.165, 1.54) is 12.8 Å². The van der Waals surface area contributed by atoms with Gasteiger partial charge >= 0.3 is 5.97 Å². The van der Waals surface area contributed by atoms with E-state index in [4.69, 9.17) is 0 Å². The lowest BCUT2D eigenvalue weighted by molar-refractivity contribution is -0.150. The van der Waals surface area contributed by atoms with E-state index in [0.29, 0.717) is 18.9 Å². The highest BCUT2D eigenvalue weighted by Crippen LogP contribution is 2.30. The SMILES string of the molecule is O=C(O)C1CC=CCC1C(=O)N1CCC(N2CCCC2)C1. The Balaban J connectivity index is 1.62. The van der Waals surface area contributed by atoms with Gasteiger partial charge in [0.15, 0.2) is 0 Å². The zero-order valence-electron chi connectivity index (χ0n) is 12.4. The Labute approximate surface area is 125 Å². The lowest BCUT2D eigenvalue weighted by atomic mass is 9.82. The van der Waals surface area contributed by atoms with E-state index in [1.807, 2.05) is 17.1 Å².